The van der Waals surface area contributed by atoms with Gasteiger partial charge in [0.15, 0.2) is 5.82 Å². The highest BCUT2D eigenvalue weighted by Crippen LogP contribution is 2.20. The van der Waals surface area contributed by atoms with Crippen LogP contribution in [0.5, 0.6) is 5.75 Å². The molecule has 1 heterocycles. The SMILES string of the molecule is CCCc1nc(C(N)c2ccc(OC)cc2)no1. The normalized spacial score (nSPS) is 12.4. The largest absolute Gasteiger partial charge is 0.497 e. The van der Waals surface area contributed by atoms with Crippen molar-refractivity contribution in [2.24, 2.45) is 5.73 Å². The molecule has 0 aliphatic carbocycles. The van der Waals surface area contributed by atoms with Gasteiger partial charge in [-0.15, -0.1) is 0 Å². The Balaban J connectivity index is 2.15. The van der Waals surface area contributed by atoms with Crippen molar-refractivity contribution in [1.29, 1.82) is 0 Å². The molecule has 0 aliphatic heterocycles. The third kappa shape index (κ3) is 2.68. The van der Waals surface area contributed by atoms with Crippen molar-refractivity contribution in [3.8, 4) is 5.75 Å². The molecule has 5 heteroatoms. The number of methoxy groups -OCH3 is 1. The quantitative estimate of drug-likeness (QED) is 0.875. The summed E-state index contributed by atoms with van der Waals surface area (Å²) in [4.78, 5) is 4.28. The molecule has 1 aromatic carbocycles. The number of ether oxygens (including phenoxy) is 1. The Morgan fingerprint density at radius 1 is 1.33 bits per heavy atom. The Hall–Kier alpha value is -1.88. The van der Waals surface area contributed by atoms with E-state index in [-0.39, 0.29) is 6.04 Å². The van der Waals surface area contributed by atoms with E-state index < -0.39 is 0 Å². The molecule has 1 aromatic heterocycles. The molecule has 0 amide bonds. The number of benzene rings is 1. The van der Waals surface area contributed by atoms with Crippen molar-refractivity contribution in [3.63, 3.8) is 0 Å². The summed E-state index contributed by atoms with van der Waals surface area (Å²) in [5, 5.41) is 3.91. The van der Waals surface area contributed by atoms with E-state index in [2.05, 4.69) is 17.1 Å². The summed E-state index contributed by atoms with van der Waals surface area (Å²) in [5.74, 6) is 1.95. The molecule has 0 saturated heterocycles. The lowest BCUT2D eigenvalue weighted by Gasteiger charge is -2.07. The maximum absolute atomic E-state index is 6.09. The third-order valence-electron chi connectivity index (χ3n) is 2.70. The third-order valence-corrected chi connectivity index (χ3v) is 2.70. The molecule has 5 nitrogen and oxygen atoms in total. The van der Waals surface area contributed by atoms with Crippen molar-refractivity contribution in [3.05, 3.63) is 41.5 Å². The first kappa shape index (κ1) is 12.6. The lowest BCUT2D eigenvalue weighted by molar-refractivity contribution is 0.370. The van der Waals surface area contributed by atoms with Crippen LogP contribution in [0.3, 0.4) is 0 Å². The summed E-state index contributed by atoms with van der Waals surface area (Å²) in [5.41, 5.74) is 7.02. The minimum Gasteiger partial charge on any atom is -0.497 e. The zero-order valence-electron chi connectivity index (χ0n) is 10.6. The van der Waals surface area contributed by atoms with E-state index in [9.17, 15) is 0 Å². The van der Waals surface area contributed by atoms with E-state index in [0.717, 1.165) is 24.2 Å². The molecular weight excluding hydrogens is 230 g/mol. The van der Waals surface area contributed by atoms with E-state index in [0.29, 0.717) is 11.7 Å². The molecule has 0 fully saturated rings. The highest BCUT2D eigenvalue weighted by Gasteiger charge is 2.15. The number of hydrogen-bond donors (Lipinski definition) is 1. The molecule has 0 bridgehead atoms. The maximum Gasteiger partial charge on any atom is 0.226 e. The van der Waals surface area contributed by atoms with Crippen LogP contribution in [0.2, 0.25) is 0 Å². The first-order chi connectivity index (χ1) is 8.74. The van der Waals surface area contributed by atoms with Crippen molar-refractivity contribution in [2.75, 3.05) is 7.11 Å². The molecule has 96 valence electrons. The van der Waals surface area contributed by atoms with Crippen molar-refractivity contribution in [2.45, 2.75) is 25.8 Å². The summed E-state index contributed by atoms with van der Waals surface area (Å²) < 4.78 is 10.2. The fraction of sp³-hybridized carbons (Fsp3) is 0.385. The molecule has 18 heavy (non-hydrogen) atoms. The molecular formula is C13H17N3O2. The van der Waals surface area contributed by atoms with E-state index in [4.69, 9.17) is 15.0 Å². The fourth-order valence-corrected chi connectivity index (χ4v) is 1.67. The van der Waals surface area contributed by atoms with E-state index in [1.54, 1.807) is 7.11 Å². The van der Waals surface area contributed by atoms with Crippen molar-refractivity contribution >= 4 is 0 Å². The molecule has 0 radical (unpaired) electrons. The number of aryl methyl sites for hydroxylation is 1. The zero-order valence-corrected chi connectivity index (χ0v) is 10.6. The van der Waals surface area contributed by atoms with Crippen LogP contribution < -0.4 is 10.5 Å². The Morgan fingerprint density at radius 2 is 2.06 bits per heavy atom. The van der Waals surface area contributed by atoms with Crippen LogP contribution in [-0.2, 0) is 6.42 Å². The van der Waals surface area contributed by atoms with Crippen LogP contribution in [0, 0.1) is 0 Å². The predicted molar refractivity (Wildman–Crippen MR) is 67.3 cm³/mol. The van der Waals surface area contributed by atoms with Gasteiger partial charge in [0, 0.05) is 6.42 Å². The average molecular weight is 247 g/mol. The molecule has 2 N–H and O–H groups in total. The van der Waals surface area contributed by atoms with Gasteiger partial charge in [-0.2, -0.15) is 4.98 Å². The van der Waals surface area contributed by atoms with Gasteiger partial charge in [0.25, 0.3) is 0 Å². The summed E-state index contributed by atoms with van der Waals surface area (Å²) in [6.07, 6.45) is 1.75. The molecule has 0 spiro atoms. The summed E-state index contributed by atoms with van der Waals surface area (Å²) in [7, 11) is 1.63. The van der Waals surface area contributed by atoms with Crippen LogP contribution in [0.1, 0.15) is 36.7 Å². The van der Waals surface area contributed by atoms with Gasteiger partial charge in [0.05, 0.1) is 13.2 Å². The van der Waals surface area contributed by atoms with Gasteiger partial charge in [0.1, 0.15) is 5.75 Å². The zero-order chi connectivity index (χ0) is 13.0. The van der Waals surface area contributed by atoms with Crippen LogP contribution in [-0.4, -0.2) is 17.3 Å². The topological polar surface area (TPSA) is 74.2 Å². The number of aromatic nitrogens is 2. The molecule has 0 saturated carbocycles. The minimum atomic E-state index is -0.370. The Labute approximate surface area is 106 Å². The van der Waals surface area contributed by atoms with Gasteiger partial charge in [-0.25, -0.2) is 0 Å². The monoisotopic (exact) mass is 247 g/mol. The van der Waals surface area contributed by atoms with Gasteiger partial charge in [0.2, 0.25) is 5.89 Å². The summed E-state index contributed by atoms with van der Waals surface area (Å²) >= 11 is 0. The Bertz CT molecular complexity index is 493. The van der Waals surface area contributed by atoms with Crippen LogP contribution in [0.15, 0.2) is 28.8 Å². The molecule has 2 aromatic rings. The van der Waals surface area contributed by atoms with E-state index >= 15 is 0 Å². The van der Waals surface area contributed by atoms with Crippen LogP contribution in [0.25, 0.3) is 0 Å². The van der Waals surface area contributed by atoms with Gasteiger partial charge in [-0.3, -0.25) is 0 Å². The lowest BCUT2D eigenvalue weighted by atomic mass is 10.1. The molecule has 2 rings (SSSR count). The fourth-order valence-electron chi connectivity index (χ4n) is 1.67. The van der Waals surface area contributed by atoms with Crippen molar-refractivity contribution in [1.82, 2.24) is 10.1 Å². The first-order valence-electron chi connectivity index (χ1n) is 5.96. The predicted octanol–water partition coefficient (Wildman–Crippen LogP) is 2.08. The van der Waals surface area contributed by atoms with Gasteiger partial charge >= 0.3 is 0 Å². The number of nitrogens with two attached hydrogens (primary N) is 1. The van der Waals surface area contributed by atoms with Crippen LogP contribution >= 0.6 is 0 Å². The first-order valence-corrected chi connectivity index (χ1v) is 5.96. The van der Waals surface area contributed by atoms with Gasteiger partial charge < -0.3 is 15.0 Å². The summed E-state index contributed by atoms with van der Waals surface area (Å²) in [6.45, 7) is 2.06. The number of nitrogens with zero attached hydrogens (tertiary/aromatic N) is 2. The van der Waals surface area contributed by atoms with Crippen molar-refractivity contribution < 1.29 is 9.26 Å². The number of hydrogen-bond acceptors (Lipinski definition) is 5. The van der Waals surface area contributed by atoms with Crippen LogP contribution in [0.4, 0.5) is 0 Å². The lowest BCUT2D eigenvalue weighted by Crippen LogP contribution is -2.13. The molecule has 1 atom stereocenters. The highest BCUT2D eigenvalue weighted by molar-refractivity contribution is 5.31. The second-order valence-corrected chi connectivity index (χ2v) is 4.05. The second kappa shape index (κ2) is 5.64. The summed E-state index contributed by atoms with van der Waals surface area (Å²) in [6, 6.07) is 7.16. The smallest absolute Gasteiger partial charge is 0.226 e. The van der Waals surface area contributed by atoms with E-state index in [1.807, 2.05) is 24.3 Å². The van der Waals surface area contributed by atoms with E-state index in [1.165, 1.54) is 0 Å². The maximum atomic E-state index is 6.09. The second-order valence-electron chi connectivity index (χ2n) is 4.05. The molecule has 0 aliphatic rings. The highest BCUT2D eigenvalue weighted by atomic mass is 16.5. The number of rotatable bonds is 5. The minimum absolute atomic E-state index is 0.370. The van der Waals surface area contributed by atoms with Gasteiger partial charge in [-0.1, -0.05) is 24.2 Å². The Kier molecular flexibility index (Phi) is 3.94. The van der Waals surface area contributed by atoms with Gasteiger partial charge in [-0.05, 0) is 24.1 Å². The average Bonchev–Trinajstić information content (AvgIpc) is 2.87. The standard InChI is InChI=1S/C13H17N3O2/c1-3-4-11-15-13(16-18-11)12(14)9-5-7-10(17-2)8-6-9/h5-8,12H,3-4,14H2,1-2H3. The Morgan fingerprint density at radius 3 is 2.67 bits per heavy atom. The molecule has 1 unspecified atom stereocenters.